The highest BCUT2D eigenvalue weighted by atomic mass is 31.2. The summed E-state index contributed by atoms with van der Waals surface area (Å²) < 4.78 is 34.1. The maximum atomic E-state index is 12.8. The average Bonchev–Trinajstić information content (AvgIpc) is 3.30. The highest BCUT2D eigenvalue weighted by molar-refractivity contribution is 7.45. The molecule has 390 valence electrons. The van der Waals surface area contributed by atoms with Gasteiger partial charge in [-0.15, -0.1) is 0 Å². The van der Waals surface area contributed by atoms with E-state index in [1.54, 1.807) is 0 Å². The number of carbonyl (C=O) groups is 2. The van der Waals surface area contributed by atoms with Gasteiger partial charge in [-0.25, -0.2) is 0 Å². The van der Waals surface area contributed by atoms with Crippen molar-refractivity contribution in [2.24, 2.45) is 0 Å². The van der Waals surface area contributed by atoms with Crippen LogP contribution in [0.5, 0.6) is 0 Å². The predicted molar refractivity (Wildman–Crippen MR) is 286 cm³/mol. The third kappa shape index (κ3) is 52.3. The largest absolute Gasteiger partial charge is 0.756 e. The molecule has 2 atom stereocenters. The number of hydrogen-bond acceptors (Lipinski definition) is 8. The molecule has 0 saturated heterocycles. The van der Waals surface area contributed by atoms with E-state index < -0.39 is 32.5 Å². The quantitative estimate of drug-likeness (QED) is 0.0195. The van der Waals surface area contributed by atoms with E-state index in [1.165, 1.54) is 57.8 Å². The summed E-state index contributed by atoms with van der Waals surface area (Å²) in [7, 11) is 1.14. The third-order valence-corrected chi connectivity index (χ3v) is 12.1. The van der Waals surface area contributed by atoms with Crippen molar-refractivity contribution in [3.63, 3.8) is 0 Å². The number of allylic oxidation sites excluding steroid dienone is 16. The number of carbonyl (C=O) groups excluding carboxylic acids is 2. The molecule has 0 heterocycles. The van der Waals surface area contributed by atoms with Crippen LogP contribution in [0.4, 0.5) is 0 Å². The zero-order valence-corrected chi connectivity index (χ0v) is 44.9. The van der Waals surface area contributed by atoms with Crippen LogP contribution in [0.25, 0.3) is 0 Å². The fraction of sp³-hybridized carbons (Fsp3) is 0.690. The Kier molecular flexibility index (Phi) is 46.7. The number of likely N-dealkylation sites (N-methyl/N-ethyl adjacent to an activating group) is 1. The van der Waals surface area contributed by atoms with Crippen LogP contribution in [-0.2, 0) is 32.7 Å². The minimum atomic E-state index is -4.65. The Morgan fingerprint density at radius 2 is 0.838 bits per heavy atom. The van der Waals surface area contributed by atoms with E-state index in [0.717, 1.165) is 116 Å². The first kappa shape index (κ1) is 64.9. The van der Waals surface area contributed by atoms with Crippen molar-refractivity contribution in [1.29, 1.82) is 0 Å². The van der Waals surface area contributed by atoms with Crippen LogP contribution in [0.1, 0.15) is 206 Å². The first-order chi connectivity index (χ1) is 33.0. The molecule has 0 fully saturated rings. The number of rotatable bonds is 48. The van der Waals surface area contributed by atoms with Gasteiger partial charge >= 0.3 is 11.9 Å². The molecule has 0 aromatic rings. The normalized spacial score (nSPS) is 14.1. The molecule has 9 nitrogen and oxygen atoms in total. The molecule has 0 saturated carbocycles. The molecular weight excluding hydrogens is 870 g/mol. The summed E-state index contributed by atoms with van der Waals surface area (Å²) >= 11 is 0. The molecule has 0 N–H and O–H groups in total. The van der Waals surface area contributed by atoms with E-state index in [-0.39, 0.29) is 26.1 Å². The lowest BCUT2D eigenvalue weighted by molar-refractivity contribution is -0.870. The fourth-order valence-corrected chi connectivity index (χ4v) is 7.65. The second-order valence-corrected chi connectivity index (χ2v) is 20.3. The standard InChI is InChI=1S/C58H100NO8P/c1-6-8-10-12-14-16-18-20-22-24-26-27-28-29-30-31-33-35-37-39-41-43-45-47-49-51-58(61)67-56(55-66-68(62,63)65-53-52-59(3,4)5)54-64-57(60)50-48-46-44-42-40-38-36-34-32-25-23-21-19-17-15-13-11-9-7-2/h8,10,14-17,20-23,26-27,29-30,33,35,56H,6-7,9,11-13,18-19,24-25,28,31-32,34,36-55H2,1-5H3/b10-8-,16-14-,17-15-,22-20-,23-21-,27-26-,30-29-,35-33-. The second-order valence-electron chi connectivity index (χ2n) is 18.9. The van der Waals surface area contributed by atoms with Gasteiger partial charge in [-0.2, -0.15) is 0 Å². The van der Waals surface area contributed by atoms with E-state index in [4.69, 9.17) is 18.5 Å². The number of quaternary nitrogens is 1. The van der Waals surface area contributed by atoms with Gasteiger partial charge in [0.15, 0.2) is 6.10 Å². The van der Waals surface area contributed by atoms with Crippen LogP contribution < -0.4 is 4.89 Å². The molecule has 0 aromatic carbocycles. The van der Waals surface area contributed by atoms with Crippen LogP contribution in [0.3, 0.4) is 0 Å². The van der Waals surface area contributed by atoms with Crippen LogP contribution in [0, 0.1) is 0 Å². The summed E-state index contributed by atoms with van der Waals surface area (Å²) in [5, 5.41) is 0. The lowest BCUT2D eigenvalue weighted by atomic mass is 10.1. The highest BCUT2D eigenvalue weighted by Gasteiger charge is 2.21. The Morgan fingerprint density at radius 3 is 1.25 bits per heavy atom. The van der Waals surface area contributed by atoms with E-state index >= 15 is 0 Å². The molecule has 0 aliphatic carbocycles. The van der Waals surface area contributed by atoms with Crippen LogP contribution in [-0.4, -0.2) is 70.0 Å². The fourth-order valence-electron chi connectivity index (χ4n) is 6.92. The van der Waals surface area contributed by atoms with Gasteiger partial charge in [-0.1, -0.05) is 195 Å². The molecule has 0 aliphatic rings. The lowest BCUT2D eigenvalue weighted by Gasteiger charge is -2.28. The average molecular weight is 970 g/mol. The van der Waals surface area contributed by atoms with Gasteiger partial charge in [-0.3, -0.25) is 14.2 Å². The van der Waals surface area contributed by atoms with Crippen molar-refractivity contribution < 1.29 is 42.1 Å². The van der Waals surface area contributed by atoms with Gasteiger partial charge in [0.05, 0.1) is 27.7 Å². The SMILES string of the molecule is CC/C=C\C/C=C\C/C=C\C/C=C\C/C=C\C/C=C\CCCCCCCCC(=O)OC(COC(=O)CCCCCCCCCCC/C=C\C/C=C\CCCCC)COP(=O)([O-])OCC[N+](C)(C)C. The maximum Gasteiger partial charge on any atom is 0.306 e. The molecular formula is C58H100NO8P. The summed E-state index contributed by atoms with van der Waals surface area (Å²) in [6, 6.07) is 0. The number of phosphoric acid groups is 1. The lowest BCUT2D eigenvalue weighted by Crippen LogP contribution is -2.37. The summed E-state index contributed by atoms with van der Waals surface area (Å²) in [6.07, 6.45) is 65.7. The van der Waals surface area contributed by atoms with Gasteiger partial charge < -0.3 is 27.9 Å². The van der Waals surface area contributed by atoms with E-state index in [2.05, 4.69) is 111 Å². The molecule has 0 aromatic heterocycles. The van der Waals surface area contributed by atoms with Crippen molar-refractivity contribution in [3.05, 3.63) is 97.2 Å². The van der Waals surface area contributed by atoms with E-state index in [9.17, 15) is 19.0 Å². The van der Waals surface area contributed by atoms with Crippen molar-refractivity contribution in [3.8, 4) is 0 Å². The smallest absolute Gasteiger partial charge is 0.306 e. The Labute approximate surface area is 417 Å². The molecule has 0 bridgehead atoms. The highest BCUT2D eigenvalue weighted by Crippen LogP contribution is 2.38. The molecule has 68 heavy (non-hydrogen) atoms. The van der Waals surface area contributed by atoms with E-state index in [0.29, 0.717) is 17.4 Å². The number of phosphoric ester groups is 1. The molecule has 0 aliphatic heterocycles. The molecule has 0 spiro atoms. The van der Waals surface area contributed by atoms with Crippen LogP contribution >= 0.6 is 7.82 Å². The predicted octanol–water partition coefficient (Wildman–Crippen LogP) is 15.8. The van der Waals surface area contributed by atoms with Crippen LogP contribution in [0.2, 0.25) is 0 Å². The van der Waals surface area contributed by atoms with Gasteiger partial charge in [0.25, 0.3) is 7.82 Å². The monoisotopic (exact) mass is 970 g/mol. The topological polar surface area (TPSA) is 111 Å². The van der Waals surface area contributed by atoms with Gasteiger partial charge in [0.2, 0.25) is 0 Å². The zero-order valence-electron chi connectivity index (χ0n) is 44.0. The zero-order chi connectivity index (χ0) is 49.9. The van der Waals surface area contributed by atoms with Crippen molar-refractivity contribution in [1.82, 2.24) is 0 Å². The minimum Gasteiger partial charge on any atom is -0.756 e. The number of hydrogen-bond donors (Lipinski definition) is 0. The Bertz CT molecular complexity index is 1470. The molecule has 0 amide bonds. The van der Waals surface area contributed by atoms with Crippen LogP contribution in [0.15, 0.2) is 97.2 Å². The molecule has 0 radical (unpaired) electrons. The summed E-state index contributed by atoms with van der Waals surface area (Å²) in [4.78, 5) is 37.8. The number of esters is 2. The minimum absolute atomic E-state index is 0.0399. The Balaban J connectivity index is 4.29. The number of ether oxygens (including phenoxy) is 2. The molecule has 10 heteroatoms. The van der Waals surface area contributed by atoms with Crippen molar-refractivity contribution in [2.75, 3.05) is 47.5 Å². The number of nitrogens with zero attached hydrogens (tertiary/aromatic N) is 1. The second kappa shape index (κ2) is 48.9. The Hall–Kier alpha value is -3.07. The first-order valence-electron chi connectivity index (χ1n) is 26.9. The molecule has 2 unspecified atom stereocenters. The summed E-state index contributed by atoms with van der Waals surface area (Å²) in [5.74, 6) is -0.860. The third-order valence-electron chi connectivity index (χ3n) is 11.1. The van der Waals surface area contributed by atoms with Crippen molar-refractivity contribution >= 4 is 19.8 Å². The van der Waals surface area contributed by atoms with Gasteiger partial charge in [-0.05, 0) is 96.3 Å². The van der Waals surface area contributed by atoms with E-state index in [1.807, 2.05) is 21.1 Å². The molecule has 0 rings (SSSR count). The van der Waals surface area contributed by atoms with Gasteiger partial charge in [0, 0.05) is 12.8 Å². The summed E-state index contributed by atoms with van der Waals surface area (Å²) in [5.41, 5.74) is 0. The Morgan fingerprint density at radius 1 is 0.471 bits per heavy atom. The first-order valence-corrected chi connectivity index (χ1v) is 28.4. The number of unbranched alkanes of at least 4 members (excludes halogenated alkanes) is 18. The summed E-state index contributed by atoms with van der Waals surface area (Å²) in [6.45, 7) is 4.07. The van der Waals surface area contributed by atoms with Crippen molar-refractivity contribution in [2.45, 2.75) is 213 Å². The maximum absolute atomic E-state index is 12.8. The van der Waals surface area contributed by atoms with Gasteiger partial charge in [0.1, 0.15) is 19.8 Å².